The number of nitrogens with one attached hydrogen (secondary N) is 1. The molecule has 0 heterocycles. The van der Waals surface area contributed by atoms with Gasteiger partial charge in [0.15, 0.2) is 0 Å². The SMILES string of the molecule is CNC(C)c1ccc(C)cc1OCc1cccc(F)c1Br. The Hall–Kier alpha value is -1.39. The summed E-state index contributed by atoms with van der Waals surface area (Å²) in [5, 5.41) is 3.21. The van der Waals surface area contributed by atoms with Gasteiger partial charge in [0.05, 0.1) is 4.47 Å². The molecule has 0 amide bonds. The van der Waals surface area contributed by atoms with Gasteiger partial charge in [0.2, 0.25) is 0 Å². The van der Waals surface area contributed by atoms with Crippen molar-refractivity contribution in [2.45, 2.75) is 26.5 Å². The molecule has 2 rings (SSSR count). The summed E-state index contributed by atoms with van der Waals surface area (Å²) in [7, 11) is 1.91. The maximum atomic E-state index is 13.5. The van der Waals surface area contributed by atoms with Gasteiger partial charge in [0.1, 0.15) is 18.2 Å². The highest BCUT2D eigenvalue weighted by molar-refractivity contribution is 9.10. The first-order valence-electron chi connectivity index (χ1n) is 6.86. The van der Waals surface area contributed by atoms with Gasteiger partial charge < -0.3 is 10.1 Å². The van der Waals surface area contributed by atoms with E-state index in [1.165, 1.54) is 6.07 Å². The first kappa shape index (κ1) is 16.0. The maximum absolute atomic E-state index is 13.5. The highest BCUT2D eigenvalue weighted by Gasteiger charge is 2.12. The lowest BCUT2D eigenvalue weighted by Gasteiger charge is -2.17. The van der Waals surface area contributed by atoms with Crippen molar-refractivity contribution in [1.29, 1.82) is 0 Å². The molecule has 1 unspecified atom stereocenters. The van der Waals surface area contributed by atoms with Crippen molar-refractivity contribution in [3.8, 4) is 5.75 Å². The molecule has 2 nitrogen and oxygen atoms in total. The predicted molar refractivity (Wildman–Crippen MR) is 87.1 cm³/mol. The van der Waals surface area contributed by atoms with Gasteiger partial charge in [-0.3, -0.25) is 0 Å². The third-order valence-corrected chi connectivity index (χ3v) is 4.37. The van der Waals surface area contributed by atoms with Crippen molar-refractivity contribution in [2.24, 2.45) is 0 Å². The normalized spacial score (nSPS) is 12.2. The van der Waals surface area contributed by atoms with Crippen molar-refractivity contribution in [3.63, 3.8) is 0 Å². The second-order valence-electron chi connectivity index (χ2n) is 5.05. The molecule has 1 atom stereocenters. The standard InChI is InChI=1S/C17H19BrFNO/c1-11-7-8-14(12(2)20-3)16(9-11)21-10-13-5-4-6-15(19)17(13)18/h4-9,12,20H,10H2,1-3H3. The van der Waals surface area contributed by atoms with E-state index in [-0.39, 0.29) is 11.9 Å². The van der Waals surface area contributed by atoms with Gasteiger partial charge in [-0.15, -0.1) is 0 Å². The predicted octanol–water partition coefficient (Wildman–Crippen LogP) is 4.76. The number of aryl methyl sites for hydroxylation is 1. The van der Waals surface area contributed by atoms with E-state index in [1.54, 1.807) is 6.07 Å². The van der Waals surface area contributed by atoms with Crippen LogP contribution in [0.2, 0.25) is 0 Å². The van der Waals surface area contributed by atoms with Crippen molar-refractivity contribution in [1.82, 2.24) is 5.32 Å². The van der Waals surface area contributed by atoms with E-state index in [9.17, 15) is 4.39 Å². The zero-order valence-corrected chi connectivity index (χ0v) is 14.0. The number of halogens is 2. The summed E-state index contributed by atoms with van der Waals surface area (Å²) in [6.07, 6.45) is 0. The van der Waals surface area contributed by atoms with Crippen LogP contribution in [0.1, 0.15) is 29.7 Å². The van der Waals surface area contributed by atoms with E-state index in [0.29, 0.717) is 11.1 Å². The average molecular weight is 352 g/mol. The van der Waals surface area contributed by atoms with Crippen LogP contribution in [-0.2, 0) is 6.61 Å². The molecule has 112 valence electrons. The minimum absolute atomic E-state index is 0.191. The molecule has 0 fully saturated rings. The van der Waals surface area contributed by atoms with E-state index < -0.39 is 0 Å². The molecule has 0 radical (unpaired) electrons. The zero-order valence-electron chi connectivity index (χ0n) is 12.4. The molecule has 0 aliphatic heterocycles. The fourth-order valence-electron chi connectivity index (χ4n) is 2.10. The summed E-state index contributed by atoms with van der Waals surface area (Å²) in [6, 6.07) is 11.3. The van der Waals surface area contributed by atoms with Crippen LogP contribution in [0.25, 0.3) is 0 Å². The minimum Gasteiger partial charge on any atom is -0.489 e. The maximum Gasteiger partial charge on any atom is 0.137 e. The molecule has 0 saturated carbocycles. The summed E-state index contributed by atoms with van der Waals surface area (Å²) < 4.78 is 19.9. The second-order valence-corrected chi connectivity index (χ2v) is 5.85. The van der Waals surface area contributed by atoms with Crippen LogP contribution >= 0.6 is 15.9 Å². The highest BCUT2D eigenvalue weighted by atomic mass is 79.9. The molecule has 0 aliphatic carbocycles. The molecule has 0 aliphatic rings. The number of hydrogen-bond acceptors (Lipinski definition) is 2. The van der Waals surface area contributed by atoms with Crippen molar-refractivity contribution >= 4 is 15.9 Å². The number of benzene rings is 2. The lowest BCUT2D eigenvalue weighted by Crippen LogP contribution is -2.14. The summed E-state index contributed by atoms with van der Waals surface area (Å²) in [5.41, 5.74) is 3.02. The zero-order chi connectivity index (χ0) is 15.4. The lowest BCUT2D eigenvalue weighted by atomic mass is 10.1. The molecule has 2 aromatic rings. The molecule has 21 heavy (non-hydrogen) atoms. The fourth-order valence-corrected chi connectivity index (χ4v) is 2.47. The topological polar surface area (TPSA) is 21.3 Å². The largest absolute Gasteiger partial charge is 0.489 e. The Bertz CT molecular complexity index is 630. The molecular formula is C17H19BrFNO. The van der Waals surface area contributed by atoms with Crippen molar-refractivity contribution in [2.75, 3.05) is 7.05 Å². The van der Waals surface area contributed by atoms with E-state index in [4.69, 9.17) is 4.74 Å². The average Bonchev–Trinajstić information content (AvgIpc) is 2.48. The van der Waals surface area contributed by atoms with Gasteiger partial charge in [-0.05, 0) is 54.5 Å². The Labute approximate surface area is 133 Å². The molecular weight excluding hydrogens is 333 g/mol. The van der Waals surface area contributed by atoms with Crippen LogP contribution in [0, 0.1) is 12.7 Å². The van der Waals surface area contributed by atoms with Gasteiger partial charge in [-0.1, -0.05) is 24.3 Å². The quantitative estimate of drug-likeness (QED) is 0.838. The van der Waals surface area contributed by atoms with Crippen LogP contribution in [0.3, 0.4) is 0 Å². The van der Waals surface area contributed by atoms with Crippen molar-refractivity contribution < 1.29 is 9.13 Å². The Kier molecular flexibility index (Phi) is 5.37. The Morgan fingerprint density at radius 1 is 1.29 bits per heavy atom. The third-order valence-electron chi connectivity index (χ3n) is 3.48. The monoisotopic (exact) mass is 351 g/mol. The van der Waals surface area contributed by atoms with Gasteiger partial charge in [-0.2, -0.15) is 0 Å². The number of hydrogen-bond donors (Lipinski definition) is 1. The molecule has 2 aromatic carbocycles. The van der Waals surface area contributed by atoms with E-state index >= 15 is 0 Å². The summed E-state index contributed by atoms with van der Waals surface area (Å²) >= 11 is 3.26. The van der Waals surface area contributed by atoms with Crippen LogP contribution in [0.4, 0.5) is 4.39 Å². The Morgan fingerprint density at radius 2 is 2.05 bits per heavy atom. The third kappa shape index (κ3) is 3.83. The molecule has 4 heteroatoms. The van der Waals surface area contributed by atoms with Gasteiger partial charge in [-0.25, -0.2) is 4.39 Å². The van der Waals surface area contributed by atoms with Gasteiger partial charge in [0.25, 0.3) is 0 Å². The number of rotatable bonds is 5. The Morgan fingerprint density at radius 3 is 2.76 bits per heavy atom. The van der Waals surface area contributed by atoms with Crippen LogP contribution < -0.4 is 10.1 Å². The molecule has 0 bridgehead atoms. The summed E-state index contributed by atoms with van der Waals surface area (Å²) in [4.78, 5) is 0. The second kappa shape index (κ2) is 7.05. The van der Waals surface area contributed by atoms with Crippen LogP contribution in [0.15, 0.2) is 40.9 Å². The first-order chi connectivity index (χ1) is 10.0. The lowest BCUT2D eigenvalue weighted by molar-refractivity contribution is 0.298. The summed E-state index contributed by atoms with van der Waals surface area (Å²) in [6.45, 7) is 4.43. The van der Waals surface area contributed by atoms with Gasteiger partial charge in [0, 0.05) is 17.2 Å². The van der Waals surface area contributed by atoms with E-state index in [2.05, 4.69) is 40.3 Å². The Balaban J connectivity index is 2.23. The highest BCUT2D eigenvalue weighted by Crippen LogP contribution is 2.28. The van der Waals surface area contributed by atoms with E-state index in [0.717, 1.165) is 22.4 Å². The van der Waals surface area contributed by atoms with Gasteiger partial charge >= 0.3 is 0 Å². The molecule has 0 spiro atoms. The fraction of sp³-hybridized carbons (Fsp3) is 0.294. The molecule has 1 N–H and O–H groups in total. The summed E-state index contributed by atoms with van der Waals surface area (Å²) in [5.74, 6) is 0.553. The first-order valence-corrected chi connectivity index (χ1v) is 7.65. The van der Waals surface area contributed by atoms with Crippen molar-refractivity contribution in [3.05, 3.63) is 63.4 Å². The molecule has 0 aromatic heterocycles. The van der Waals surface area contributed by atoms with E-state index in [1.807, 2.05) is 26.1 Å². The van der Waals surface area contributed by atoms with Crippen LogP contribution in [-0.4, -0.2) is 7.05 Å². The number of ether oxygens (including phenoxy) is 1. The minimum atomic E-state index is -0.274. The smallest absolute Gasteiger partial charge is 0.137 e. The van der Waals surface area contributed by atoms with Crippen LogP contribution in [0.5, 0.6) is 5.75 Å². The molecule has 0 saturated heterocycles.